The van der Waals surface area contributed by atoms with Gasteiger partial charge in [0.2, 0.25) is 5.91 Å². The van der Waals surface area contributed by atoms with Crippen molar-refractivity contribution in [2.24, 2.45) is 21.8 Å². The molecule has 3 rings (SSSR count). The number of methoxy groups -OCH3 is 2. The Balaban J connectivity index is 1.79. The van der Waals surface area contributed by atoms with Crippen molar-refractivity contribution < 1.29 is 33.2 Å². The lowest BCUT2D eigenvalue weighted by atomic mass is 9.84. The maximum Gasteiger partial charge on any atom is 0.222 e. The van der Waals surface area contributed by atoms with Crippen molar-refractivity contribution in [2.45, 2.75) is 67.2 Å². The molecule has 0 saturated carbocycles. The molecule has 12 nitrogen and oxygen atoms in total. The number of carbonyl (C=O) groups excluding carboxylic acids is 1. The van der Waals surface area contributed by atoms with Crippen molar-refractivity contribution in [3.63, 3.8) is 0 Å². The molecule has 0 bridgehead atoms. The maximum atomic E-state index is 13.9. The normalized spacial score (nSPS) is 19.4. The monoisotopic (exact) mass is 742 g/mol. The molecule has 3 heterocycles. The summed E-state index contributed by atoms with van der Waals surface area (Å²) >= 11 is 0. The van der Waals surface area contributed by atoms with Gasteiger partial charge in [0.25, 0.3) is 0 Å². The highest BCUT2D eigenvalue weighted by Gasteiger charge is 2.34. The molecule has 2 aliphatic rings. The molecule has 0 fully saturated rings. The summed E-state index contributed by atoms with van der Waals surface area (Å²) in [6.45, 7) is 20.4. The van der Waals surface area contributed by atoms with Crippen LogP contribution >= 0.6 is 0 Å². The first kappa shape index (κ1) is 44.3. The summed E-state index contributed by atoms with van der Waals surface area (Å²) in [5.74, 6) is 0.314. The van der Waals surface area contributed by atoms with Gasteiger partial charge in [-0.05, 0) is 81.9 Å². The van der Waals surface area contributed by atoms with Gasteiger partial charge in [-0.3, -0.25) is 14.8 Å². The highest BCUT2D eigenvalue weighted by atomic mass is 16.5. The minimum atomic E-state index is 0.0810. The van der Waals surface area contributed by atoms with Gasteiger partial charge >= 0.3 is 0 Å². The number of rotatable bonds is 26. The molecule has 1 aromatic rings. The third-order valence-electron chi connectivity index (χ3n) is 9.76. The number of amides is 1. The Kier molecular flexibility index (Phi) is 20.9. The van der Waals surface area contributed by atoms with E-state index in [0.29, 0.717) is 92.0 Å². The lowest BCUT2D eigenvalue weighted by molar-refractivity contribution is -0.133. The number of hydrogen-bond acceptors (Lipinski definition) is 10. The molecule has 0 aromatic carbocycles. The minimum absolute atomic E-state index is 0.0810. The topological polar surface area (TPSA) is 128 Å². The van der Waals surface area contributed by atoms with Gasteiger partial charge in [-0.2, -0.15) is 0 Å². The largest absolute Gasteiger partial charge is 0.385 e. The lowest BCUT2D eigenvalue weighted by Crippen LogP contribution is -2.37. The molecule has 1 aromatic heterocycles. The molecule has 0 radical (unpaired) electrons. The molecular formula is C41H67N5O7. The van der Waals surface area contributed by atoms with E-state index in [0.717, 1.165) is 59.3 Å². The van der Waals surface area contributed by atoms with Crippen LogP contribution < -0.4 is 16.0 Å². The van der Waals surface area contributed by atoms with Gasteiger partial charge in [-0.25, -0.2) is 0 Å². The average Bonchev–Trinajstić information content (AvgIpc) is 3.83. The number of nitrogens with zero attached hydrogens (tertiary/aromatic N) is 3. The van der Waals surface area contributed by atoms with E-state index in [2.05, 4.69) is 75.1 Å². The summed E-state index contributed by atoms with van der Waals surface area (Å²) in [5, 5.41) is 5.65. The van der Waals surface area contributed by atoms with E-state index in [9.17, 15) is 4.79 Å². The zero-order valence-corrected chi connectivity index (χ0v) is 33.8. The van der Waals surface area contributed by atoms with E-state index in [1.165, 1.54) is 16.8 Å². The first-order chi connectivity index (χ1) is 25.7. The number of ether oxygens (including phenoxy) is 6. The van der Waals surface area contributed by atoms with Gasteiger partial charge in [-0.15, -0.1) is 0 Å². The number of hydrogen-bond donors (Lipinski definition) is 2. The van der Waals surface area contributed by atoms with Crippen LogP contribution in [0.5, 0.6) is 0 Å². The summed E-state index contributed by atoms with van der Waals surface area (Å²) in [7, 11) is 3.30. The van der Waals surface area contributed by atoms with E-state index in [1.54, 1.807) is 14.2 Å². The fourth-order valence-corrected chi connectivity index (χ4v) is 6.44. The summed E-state index contributed by atoms with van der Waals surface area (Å²) < 4.78 is 32.7. The van der Waals surface area contributed by atoms with E-state index < -0.39 is 0 Å². The number of aromatic nitrogens is 1. The molecule has 2 aliphatic heterocycles. The van der Waals surface area contributed by atoms with Crippen LogP contribution in [0.4, 0.5) is 0 Å². The molecule has 2 N–H and O–H groups in total. The number of aryl methyl sites for hydroxylation is 1. The van der Waals surface area contributed by atoms with Crippen LogP contribution in [0.3, 0.4) is 0 Å². The minimum Gasteiger partial charge on any atom is -0.385 e. The third-order valence-corrected chi connectivity index (χ3v) is 9.76. The van der Waals surface area contributed by atoms with Crippen molar-refractivity contribution >= 4 is 29.0 Å². The lowest BCUT2D eigenvalue weighted by Gasteiger charge is -2.25. The Hall–Kier alpha value is -3.13. The third kappa shape index (κ3) is 14.9. The van der Waals surface area contributed by atoms with Crippen molar-refractivity contribution in [3.05, 3.63) is 45.4 Å². The summed E-state index contributed by atoms with van der Waals surface area (Å²) in [6.07, 6.45) is 7.37. The molecule has 0 saturated heterocycles. The fraction of sp³-hybridized carbons (Fsp3) is 0.683. The highest BCUT2D eigenvalue weighted by molar-refractivity contribution is 6.20. The molecular weight excluding hydrogens is 674 g/mol. The summed E-state index contributed by atoms with van der Waals surface area (Å²) in [5.41, 5.74) is 7.97. The maximum absolute atomic E-state index is 13.9. The second-order valence-electron chi connectivity index (χ2n) is 13.6. The molecule has 298 valence electrons. The standard InChI is InChI=1S/C41H67N5O7/c1-9-34(42-10-2)28-37-31(4)27-38(44-37)33(6)41-35(32(5)39(45-41)29-36-30(3)13-14-43-36)11-12-40(47)46(15-17-50-23-25-52-21-19-48-7)16-18-51-24-26-53-22-20-49-8/h27-29,32,35,43-44H,9-26H2,1-8H3/b37-28-,38-33-,39-29-,42-34?/t32-,35-/m0/s1. The van der Waals surface area contributed by atoms with Crippen LogP contribution in [0.1, 0.15) is 65.9 Å². The number of allylic oxidation sites excluding steroid dienone is 2. The van der Waals surface area contributed by atoms with E-state index in [4.69, 9.17) is 33.4 Å². The summed E-state index contributed by atoms with van der Waals surface area (Å²) in [4.78, 5) is 29.4. The number of H-pyrrole nitrogens is 1. The van der Waals surface area contributed by atoms with Crippen LogP contribution in [-0.2, 0) is 33.2 Å². The number of nitrogens with one attached hydrogen (secondary N) is 2. The van der Waals surface area contributed by atoms with Crippen molar-refractivity contribution in [1.82, 2.24) is 15.2 Å². The number of carbonyl (C=O) groups is 1. The Morgan fingerprint density at radius 2 is 1.55 bits per heavy atom. The van der Waals surface area contributed by atoms with Crippen LogP contribution in [0.2, 0.25) is 0 Å². The van der Waals surface area contributed by atoms with Gasteiger partial charge < -0.3 is 43.6 Å². The Morgan fingerprint density at radius 3 is 2.09 bits per heavy atom. The fourth-order valence-electron chi connectivity index (χ4n) is 6.44. The Morgan fingerprint density at radius 1 is 0.943 bits per heavy atom. The second kappa shape index (κ2) is 25.0. The van der Waals surface area contributed by atoms with Crippen molar-refractivity contribution in [2.75, 3.05) is 106 Å². The Labute approximate surface area is 317 Å². The van der Waals surface area contributed by atoms with Gasteiger partial charge in [-0.1, -0.05) is 13.8 Å². The number of aliphatic imine (C=N–C) groups is 2. The number of aromatic amines is 1. The molecule has 0 aliphatic carbocycles. The van der Waals surface area contributed by atoms with Gasteiger partial charge in [0.05, 0.1) is 66.1 Å². The zero-order valence-electron chi connectivity index (χ0n) is 33.8. The molecule has 0 spiro atoms. The average molecular weight is 742 g/mol. The Bertz CT molecular complexity index is 1490. The zero-order chi connectivity index (χ0) is 38.4. The molecule has 53 heavy (non-hydrogen) atoms. The van der Waals surface area contributed by atoms with Gasteiger partial charge in [0.1, 0.15) is 0 Å². The first-order valence-electron chi connectivity index (χ1n) is 19.5. The van der Waals surface area contributed by atoms with Crippen LogP contribution in [-0.4, -0.2) is 134 Å². The van der Waals surface area contributed by atoms with Crippen molar-refractivity contribution in [3.8, 4) is 0 Å². The highest BCUT2D eigenvalue weighted by Crippen LogP contribution is 2.37. The first-order valence-corrected chi connectivity index (χ1v) is 19.5. The van der Waals surface area contributed by atoms with Crippen LogP contribution in [0.25, 0.3) is 11.6 Å². The molecule has 12 heteroatoms. The van der Waals surface area contributed by atoms with Crippen molar-refractivity contribution in [1.29, 1.82) is 0 Å². The van der Waals surface area contributed by atoms with Gasteiger partial charge in [0, 0.05) is 92.2 Å². The van der Waals surface area contributed by atoms with E-state index in [-0.39, 0.29) is 17.7 Å². The molecule has 0 unspecified atom stereocenters. The summed E-state index contributed by atoms with van der Waals surface area (Å²) in [6, 6.07) is 2.20. The smallest absolute Gasteiger partial charge is 0.222 e. The molecule has 1 amide bonds. The van der Waals surface area contributed by atoms with E-state index in [1.807, 2.05) is 4.90 Å². The van der Waals surface area contributed by atoms with Crippen LogP contribution in [0, 0.1) is 18.8 Å². The second-order valence-corrected chi connectivity index (χ2v) is 13.6. The molecule has 2 atom stereocenters. The predicted octanol–water partition coefficient (Wildman–Crippen LogP) is 3.97. The SMILES string of the molecule is CCN=C(/C=c1\[nH]/c(=C(/C)C2=N/C(=C\C3=C(C)CCN3)[C@@H](C)[C@@H]2CCC(=O)N(CCOCCOCCOC)CCOCCOCCOC)cc1C)CC. The van der Waals surface area contributed by atoms with Crippen LogP contribution in [0.15, 0.2) is 39.1 Å². The predicted molar refractivity (Wildman–Crippen MR) is 213 cm³/mol. The van der Waals surface area contributed by atoms with E-state index >= 15 is 0 Å². The quantitative estimate of drug-likeness (QED) is 0.108. The van der Waals surface area contributed by atoms with Gasteiger partial charge in [0.15, 0.2) is 0 Å².